The van der Waals surface area contributed by atoms with E-state index in [0.29, 0.717) is 10.8 Å². The van der Waals surface area contributed by atoms with Gasteiger partial charge >= 0.3 is 12.1 Å². The molecule has 206 valence electrons. The van der Waals surface area contributed by atoms with Crippen LogP contribution in [0.25, 0.3) is 0 Å². The van der Waals surface area contributed by atoms with Crippen molar-refractivity contribution < 1.29 is 35.9 Å². The van der Waals surface area contributed by atoms with Crippen molar-refractivity contribution in [3.8, 4) is 0 Å². The molecule has 38 heavy (non-hydrogen) atoms. The number of nitrogens with zero attached hydrogens (tertiary/aromatic N) is 5. The van der Waals surface area contributed by atoms with Gasteiger partial charge in [0.2, 0.25) is 5.95 Å². The Labute approximate surface area is 216 Å². The standard InChI is InChI=1S/C22H26F3N7O5S/c1-30(2)38(35,36)32-17(33)10-15(18(32)22(23,24)25)19-28-21(27-12-14-7-5-13(11-26)6-8-14)31(29-19)20(34)16-4-3-9-37-16/h3-9,15,17-18,33H,10-12,26H2,1-2H3,(H,27,28,29). The number of carbonyl (C=O) groups excluding carboxylic acids is 1. The topological polar surface area (TPSA) is 160 Å². The summed E-state index contributed by atoms with van der Waals surface area (Å²) in [5.74, 6) is -3.31. The Balaban J connectivity index is 1.73. The molecule has 0 amide bonds. The second-order valence-electron chi connectivity index (χ2n) is 8.79. The van der Waals surface area contributed by atoms with Crippen LogP contribution in [0.3, 0.4) is 0 Å². The van der Waals surface area contributed by atoms with Gasteiger partial charge in [-0.2, -0.15) is 35.6 Å². The number of benzene rings is 1. The number of carbonyl (C=O) groups is 1. The van der Waals surface area contributed by atoms with Gasteiger partial charge < -0.3 is 20.6 Å². The van der Waals surface area contributed by atoms with Crippen LogP contribution in [0.5, 0.6) is 0 Å². The van der Waals surface area contributed by atoms with Crippen molar-refractivity contribution in [2.45, 2.75) is 43.9 Å². The van der Waals surface area contributed by atoms with Gasteiger partial charge in [0, 0.05) is 27.2 Å². The van der Waals surface area contributed by atoms with Crippen molar-refractivity contribution in [2.24, 2.45) is 5.73 Å². The lowest BCUT2D eigenvalue weighted by molar-refractivity contribution is -0.176. The normalized spacial score (nSPS) is 20.8. The van der Waals surface area contributed by atoms with Crippen LogP contribution in [0.1, 0.15) is 39.8 Å². The number of rotatable bonds is 8. The van der Waals surface area contributed by atoms with Gasteiger partial charge in [-0.05, 0) is 29.7 Å². The number of nitrogens with two attached hydrogens (primary N) is 1. The van der Waals surface area contributed by atoms with Crippen molar-refractivity contribution >= 4 is 22.1 Å². The monoisotopic (exact) mass is 557 g/mol. The average Bonchev–Trinajstić information content (AvgIpc) is 3.60. The van der Waals surface area contributed by atoms with Crippen molar-refractivity contribution in [2.75, 3.05) is 19.4 Å². The number of furan rings is 1. The van der Waals surface area contributed by atoms with Gasteiger partial charge in [0.05, 0.1) is 12.2 Å². The molecule has 3 heterocycles. The molecule has 2 aromatic heterocycles. The molecule has 0 aliphatic carbocycles. The Kier molecular flexibility index (Phi) is 7.62. The number of aliphatic hydroxyl groups excluding tert-OH is 1. The molecule has 1 aliphatic rings. The van der Waals surface area contributed by atoms with Crippen LogP contribution in [0.15, 0.2) is 47.1 Å². The summed E-state index contributed by atoms with van der Waals surface area (Å²) in [5.41, 5.74) is 7.26. The second kappa shape index (κ2) is 10.5. The fraction of sp³-hybridized carbons (Fsp3) is 0.409. The number of alkyl halides is 3. The Hall–Kier alpha value is -3.31. The summed E-state index contributed by atoms with van der Waals surface area (Å²) in [5, 5.41) is 17.3. The molecule has 4 rings (SSSR count). The first-order valence-corrected chi connectivity index (χ1v) is 12.8. The van der Waals surface area contributed by atoms with E-state index in [2.05, 4.69) is 15.4 Å². The van der Waals surface area contributed by atoms with E-state index in [9.17, 15) is 31.5 Å². The number of aromatic nitrogens is 3. The number of halogens is 3. The molecule has 1 saturated heterocycles. The number of aliphatic hydroxyl groups is 1. The van der Waals surface area contributed by atoms with Crippen LogP contribution < -0.4 is 11.1 Å². The van der Waals surface area contributed by atoms with Crippen molar-refractivity contribution in [3.05, 3.63) is 65.4 Å². The van der Waals surface area contributed by atoms with Crippen molar-refractivity contribution in [1.82, 2.24) is 23.4 Å². The third kappa shape index (κ3) is 5.30. The maximum Gasteiger partial charge on any atom is 0.406 e. The molecule has 1 aliphatic heterocycles. The number of nitrogens with one attached hydrogen (secondary N) is 1. The van der Waals surface area contributed by atoms with E-state index in [-0.39, 0.29) is 22.6 Å². The molecule has 1 aromatic carbocycles. The summed E-state index contributed by atoms with van der Waals surface area (Å²) in [6.07, 6.45) is -6.48. The zero-order valence-electron chi connectivity index (χ0n) is 20.3. The minimum Gasteiger partial charge on any atom is -0.459 e. The van der Waals surface area contributed by atoms with E-state index >= 15 is 0 Å². The third-order valence-electron chi connectivity index (χ3n) is 6.07. The highest BCUT2D eigenvalue weighted by atomic mass is 32.2. The van der Waals surface area contributed by atoms with E-state index in [4.69, 9.17) is 10.2 Å². The quantitative estimate of drug-likeness (QED) is 0.373. The molecular formula is C22H26F3N7O5S. The van der Waals surface area contributed by atoms with E-state index in [0.717, 1.165) is 29.9 Å². The van der Waals surface area contributed by atoms with Gasteiger partial charge in [-0.3, -0.25) is 4.79 Å². The van der Waals surface area contributed by atoms with Gasteiger partial charge in [-0.25, -0.2) is 0 Å². The first-order valence-electron chi connectivity index (χ1n) is 11.4. The van der Waals surface area contributed by atoms with Crippen LogP contribution in [-0.2, 0) is 23.3 Å². The highest BCUT2D eigenvalue weighted by Crippen LogP contribution is 2.45. The zero-order chi connectivity index (χ0) is 27.8. The molecule has 12 nitrogen and oxygen atoms in total. The van der Waals surface area contributed by atoms with Crippen molar-refractivity contribution in [1.29, 1.82) is 0 Å². The fourth-order valence-corrected chi connectivity index (χ4v) is 5.47. The molecule has 3 aromatic rings. The van der Waals surface area contributed by atoms with Crippen LogP contribution in [-0.4, -0.2) is 75.3 Å². The number of hydrogen-bond donors (Lipinski definition) is 3. The summed E-state index contributed by atoms with van der Waals surface area (Å²) in [7, 11) is -2.57. The third-order valence-corrected chi connectivity index (χ3v) is 7.99. The maximum atomic E-state index is 14.2. The van der Waals surface area contributed by atoms with E-state index in [1.165, 1.54) is 18.4 Å². The van der Waals surface area contributed by atoms with Gasteiger partial charge in [0.15, 0.2) is 11.6 Å². The molecule has 3 atom stereocenters. The molecule has 16 heteroatoms. The molecule has 0 spiro atoms. The number of hydrogen-bond acceptors (Lipinski definition) is 9. The highest BCUT2D eigenvalue weighted by molar-refractivity contribution is 7.86. The molecule has 0 radical (unpaired) electrons. The first-order chi connectivity index (χ1) is 17.8. The second-order valence-corrected chi connectivity index (χ2v) is 10.8. The van der Waals surface area contributed by atoms with E-state index in [1.54, 1.807) is 24.3 Å². The fourth-order valence-electron chi connectivity index (χ4n) is 4.15. The van der Waals surface area contributed by atoms with Crippen LogP contribution >= 0.6 is 0 Å². The largest absolute Gasteiger partial charge is 0.459 e. The van der Waals surface area contributed by atoms with E-state index < -0.39 is 52.7 Å². The van der Waals surface area contributed by atoms with Crippen molar-refractivity contribution in [3.63, 3.8) is 0 Å². The Morgan fingerprint density at radius 3 is 2.45 bits per heavy atom. The molecule has 1 fully saturated rings. The van der Waals surface area contributed by atoms with Gasteiger partial charge in [-0.15, -0.1) is 9.40 Å². The van der Waals surface area contributed by atoms with Gasteiger partial charge in [0.1, 0.15) is 12.3 Å². The Morgan fingerprint density at radius 2 is 1.89 bits per heavy atom. The summed E-state index contributed by atoms with van der Waals surface area (Å²) in [4.78, 5) is 17.2. The maximum absolute atomic E-state index is 14.2. The van der Waals surface area contributed by atoms with Gasteiger partial charge in [0.25, 0.3) is 10.2 Å². The lowest BCUT2D eigenvalue weighted by atomic mass is 9.99. The molecule has 3 unspecified atom stereocenters. The summed E-state index contributed by atoms with van der Waals surface area (Å²) >= 11 is 0. The summed E-state index contributed by atoms with van der Waals surface area (Å²) in [6.45, 7) is 0.475. The van der Waals surface area contributed by atoms with Crippen LogP contribution in [0.4, 0.5) is 19.1 Å². The SMILES string of the molecule is CN(C)S(=O)(=O)N1C(O)CC(c2nc(NCc3ccc(CN)cc3)n(C(=O)c3ccco3)n2)C1C(F)(F)F. The summed E-state index contributed by atoms with van der Waals surface area (Å²) < 4.78 is 74.5. The average molecular weight is 558 g/mol. The molecular weight excluding hydrogens is 531 g/mol. The Morgan fingerprint density at radius 1 is 1.24 bits per heavy atom. The molecule has 0 saturated carbocycles. The smallest absolute Gasteiger partial charge is 0.406 e. The van der Waals surface area contributed by atoms with Crippen LogP contribution in [0.2, 0.25) is 0 Å². The predicted octanol–water partition coefficient (Wildman–Crippen LogP) is 1.48. The molecule has 0 bridgehead atoms. The zero-order valence-corrected chi connectivity index (χ0v) is 21.1. The lowest BCUT2D eigenvalue weighted by Gasteiger charge is -2.31. The minimum atomic E-state index is -5.08. The van der Waals surface area contributed by atoms with Crippen LogP contribution in [0, 0.1) is 0 Å². The van der Waals surface area contributed by atoms with Gasteiger partial charge in [-0.1, -0.05) is 24.3 Å². The predicted molar refractivity (Wildman–Crippen MR) is 128 cm³/mol. The summed E-state index contributed by atoms with van der Waals surface area (Å²) in [6, 6.07) is 7.29. The van der Waals surface area contributed by atoms with E-state index in [1.807, 2.05) is 0 Å². The number of anilines is 1. The Bertz CT molecular complexity index is 1380. The highest BCUT2D eigenvalue weighted by Gasteiger charge is 2.61. The lowest BCUT2D eigenvalue weighted by Crippen LogP contribution is -2.53. The molecule has 4 N–H and O–H groups in total. The minimum absolute atomic E-state index is 0.00117. The first kappa shape index (κ1) is 27.7.